The van der Waals surface area contributed by atoms with Gasteiger partial charge in [-0.1, -0.05) is 24.6 Å². The van der Waals surface area contributed by atoms with E-state index in [1.807, 2.05) is 0 Å². The second-order valence-corrected chi connectivity index (χ2v) is 8.00. The number of nitrogens with zero attached hydrogens (tertiary/aromatic N) is 4. The van der Waals surface area contributed by atoms with Gasteiger partial charge in [0, 0.05) is 49.8 Å². The zero-order valence-corrected chi connectivity index (χ0v) is 16.6. The first-order chi connectivity index (χ1) is 13.3. The van der Waals surface area contributed by atoms with Crippen LogP contribution in [0.5, 0.6) is 0 Å². The highest BCUT2D eigenvalue weighted by Crippen LogP contribution is 2.33. The van der Waals surface area contributed by atoms with Gasteiger partial charge in [-0.2, -0.15) is 5.10 Å². The van der Waals surface area contributed by atoms with Crippen LogP contribution < -0.4 is 10.6 Å². The molecule has 1 fully saturated rings. The predicted octanol–water partition coefficient (Wildman–Crippen LogP) is 1.85. The van der Waals surface area contributed by atoms with Gasteiger partial charge >= 0.3 is 0 Å². The lowest BCUT2D eigenvalue weighted by Crippen LogP contribution is -2.29. The molecule has 1 amide bonds. The average Bonchev–Trinajstić information content (AvgIpc) is 3.43. The largest absolute Gasteiger partial charge is 0.351 e. The number of aromatic nitrogens is 5. The Labute approximate surface area is 163 Å². The van der Waals surface area contributed by atoms with E-state index in [1.54, 1.807) is 11.8 Å². The SMILES string of the molecule is CSc1nnc(CCCNC(=O)c2n[nH]c3c2CNCC3)n1C1CCCC1. The van der Waals surface area contributed by atoms with Crippen LogP contribution >= 0.6 is 11.8 Å². The van der Waals surface area contributed by atoms with Crippen molar-refractivity contribution in [2.45, 2.75) is 62.7 Å². The molecule has 8 nitrogen and oxygen atoms in total. The molecular formula is C18H27N7OS. The Hall–Kier alpha value is -1.87. The second kappa shape index (κ2) is 8.43. The van der Waals surface area contributed by atoms with E-state index >= 15 is 0 Å². The van der Waals surface area contributed by atoms with Crippen molar-refractivity contribution in [3.63, 3.8) is 0 Å². The number of carbonyl (C=O) groups excluding carboxylic acids is 1. The Morgan fingerprint density at radius 2 is 2.19 bits per heavy atom. The molecular weight excluding hydrogens is 362 g/mol. The maximum absolute atomic E-state index is 12.5. The van der Waals surface area contributed by atoms with Crippen molar-refractivity contribution in [2.24, 2.45) is 0 Å². The summed E-state index contributed by atoms with van der Waals surface area (Å²) in [7, 11) is 0. The molecule has 0 bridgehead atoms. The fourth-order valence-corrected chi connectivity index (χ4v) is 4.67. The summed E-state index contributed by atoms with van der Waals surface area (Å²) in [6.45, 7) is 2.24. The van der Waals surface area contributed by atoms with Crippen molar-refractivity contribution in [1.82, 2.24) is 35.6 Å². The highest BCUT2D eigenvalue weighted by atomic mass is 32.2. The molecule has 9 heteroatoms. The van der Waals surface area contributed by atoms with Crippen molar-refractivity contribution in [2.75, 3.05) is 19.3 Å². The highest BCUT2D eigenvalue weighted by molar-refractivity contribution is 7.98. The Morgan fingerprint density at radius 3 is 3.00 bits per heavy atom. The Balaban J connectivity index is 1.32. The first kappa shape index (κ1) is 18.5. The number of aryl methyl sites for hydroxylation is 1. The summed E-state index contributed by atoms with van der Waals surface area (Å²) in [6, 6.07) is 0.537. The Bertz CT molecular complexity index is 794. The van der Waals surface area contributed by atoms with Crippen LogP contribution in [0.15, 0.2) is 5.16 Å². The van der Waals surface area contributed by atoms with Gasteiger partial charge in [0.15, 0.2) is 10.9 Å². The topological polar surface area (TPSA) is 101 Å². The zero-order chi connectivity index (χ0) is 18.6. The quantitative estimate of drug-likeness (QED) is 0.494. The molecule has 1 saturated carbocycles. The van der Waals surface area contributed by atoms with Crippen molar-refractivity contribution in [1.29, 1.82) is 0 Å². The lowest BCUT2D eigenvalue weighted by atomic mass is 10.1. The van der Waals surface area contributed by atoms with Crippen LogP contribution in [-0.4, -0.2) is 50.2 Å². The maximum Gasteiger partial charge on any atom is 0.272 e. The maximum atomic E-state index is 12.5. The molecule has 0 unspecified atom stereocenters. The summed E-state index contributed by atoms with van der Waals surface area (Å²) < 4.78 is 2.33. The number of amides is 1. The lowest BCUT2D eigenvalue weighted by molar-refractivity contribution is 0.0947. The third-order valence-corrected chi connectivity index (χ3v) is 6.14. The average molecular weight is 390 g/mol. The third-order valence-electron chi connectivity index (χ3n) is 5.49. The first-order valence-corrected chi connectivity index (χ1v) is 11.0. The summed E-state index contributed by atoms with van der Waals surface area (Å²) in [5.41, 5.74) is 2.61. The van der Waals surface area contributed by atoms with Gasteiger partial charge in [0.2, 0.25) is 0 Å². The molecule has 1 aliphatic carbocycles. The predicted molar refractivity (Wildman–Crippen MR) is 104 cm³/mol. The Kier molecular flexibility index (Phi) is 5.77. The molecule has 27 heavy (non-hydrogen) atoms. The number of thioether (sulfide) groups is 1. The number of hydrogen-bond acceptors (Lipinski definition) is 6. The van der Waals surface area contributed by atoms with Gasteiger partial charge < -0.3 is 15.2 Å². The summed E-state index contributed by atoms with van der Waals surface area (Å²) in [6.07, 6.45) is 9.62. The van der Waals surface area contributed by atoms with E-state index in [-0.39, 0.29) is 5.91 Å². The van der Waals surface area contributed by atoms with E-state index in [0.717, 1.165) is 48.0 Å². The van der Waals surface area contributed by atoms with E-state index in [4.69, 9.17) is 0 Å². The van der Waals surface area contributed by atoms with Gasteiger partial charge in [-0.05, 0) is 25.5 Å². The molecule has 0 spiro atoms. The van der Waals surface area contributed by atoms with Gasteiger partial charge in [-0.25, -0.2) is 0 Å². The normalized spacial score (nSPS) is 17.2. The summed E-state index contributed by atoms with van der Waals surface area (Å²) in [5, 5.41) is 23.3. The summed E-state index contributed by atoms with van der Waals surface area (Å²) in [5.74, 6) is 0.945. The van der Waals surface area contributed by atoms with E-state index in [2.05, 4.69) is 41.9 Å². The number of carbonyl (C=O) groups is 1. The molecule has 0 radical (unpaired) electrons. The smallest absolute Gasteiger partial charge is 0.272 e. The van der Waals surface area contributed by atoms with Crippen molar-refractivity contribution in [3.05, 3.63) is 22.8 Å². The lowest BCUT2D eigenvalue weighted by Gasteiger charge is -2.16. The van der Waals surface area contributed by atoms with Crippen LogP contribution in [0, 0.1) is 0 Å². The molecule has 0 aromatic carbocycles. The third kappa shape index (κ3) is 3.89. The fourth-order valence-electron chi connectivity index (χ4n) is 4.09. The standard InChI is InChI=1S/C18H27N7OS/c1-27-18-24-22-15(25(18)12-5-2-3-6-12)7-4-9-20-17(26)16-13-11-19-10-8-14(13)21-23-16/h12,19H,2-11H2,1H3,(H,20,26)(H,21,23). The van der Waals surface area contributed by atoms with Crippen LogP contribution in [0.25, 0.3) is 0 Å². The van der Waals surface area contributed by atoms with Crippen LogP contribution in [-0.2, 0) is 19.4 Å². The summed E-state index contributed by atoms with van der Waals surface area (Å²) in [4.78, 5) is 12.5. The van der Waals surface area contributed by atoms with E-state index in [1.165, 1.54) is 25.7 Å². The number of fused-ring (bicyclic) bond motifs is 1. The monoisotopic (exact) mass is 389 g/mol. The van der Waals surface area contributed by atoms with Crippen LogP contribution in [0.2, 0.25) is 0 Å². The molecule has 2 aliphatic rings. The minimum atomic E-state index is -0.0988. The minimum absolute atomic E-state index is 0.0988. The Morgan fingerprint density at radius 1 is 1.33 bits per heavy atom. The van der Waals surface area contributed by atoms with Crippen molar-refractivity contribution in [3.8, 4) is 0 Å². The van der Waals surface area contributed by atoms with Gasteiger partial charge in [-0.3, -0.25) is 9.89 Å². The van der Waals surface area contributed by atoms with Crippen molar-refractivity contribution >= 4 is 17.7 Å². The molecule has 2 aromatic rings. The van der Waals surface area contributed by atoms with E-state index in [0.29, 0.717) is 24.8 Å². The number of nitrogens with one attached hydrogen (secondary N) is 3. The van der Waals surface area contributed by atoms with Gasteiger partial charge in [0.05, 0.1) is 0 Å². The van der Waals surface area contributed by atoms with Gasteiger partial charge in [0.25, 0.3) is 5.91 Å². The minimum Gasteiger partial charge on any atom is -0.351 e. The first-order valence-electron chi connectivity index (χ1n) is 9.80. The molecule has 146 valence electrons. The van der Waals surface area contributed by atoms with E-state index < -0.39 is 0 Å². The molecule has 0 saturated heterocycles. The molecule has 3 heterocycles. The molecule has 4 rings (SSSR count). The van der Waals surface area contributed by atoms with Crippen LogP contribution in [0.1, 0.15) is 65.7 Å². The molecule has 2 aromatic heterocycles. The van der Waals surface area contributed by atoms with Crippen LogP contribution in [0.4, 0.5) is 0 Å². The number of rotatable bonds is 7. The number of aromatic amines is 1. The fraction of sp³-hybridized carbons (Fsp3) is 0.667. The second-order valence-electron chi connectivity index (χ2n) is 7.23. The number of H-pyrrole nitrogens is 1. The zero-order valence-electron chi connectivity index (χ0n) is 15.8. The summed E-state index contributed by atoms with van der Waals surface area (Å²) >= 11 is 1.66. The molecule has 1 aliphatic heterocycles. The van der Waals surface area contributed by atoms with Gasteiger partial charge in [0.1, 0.15) is 5.82 Å². The highest BCUT2D eigenvalue weighted by Gasteiger charge is 2.24. The number of hydrogen-bond donors (Lipinski definition) is 3. The van der Waals surface area contributed by atoms with E-state index in [9.17, 15) is 4.79 Å². The van der Waals surface area contributed by atoms with Crippen LogP contribution in [0.3, 0.4) is 0 Å². The van der Waals surface area contributed by atoms with Gasteiger partial charge in [-0.15, -0.1) is 10.2 Å². The van der Waals surface area contributed by atoms with Crippen molar-refractivity contribution < 1.29 is 4.79 Å². The molecule has 3 N–H and O–H groups in total. The molecule has 0 atom stereocenters.